The van der Waals surface area contributed by atoms with E-state index in [9.17, 15) is 9.18 Å². The number of hydrogen-bond donors (Lipinski definition) is 1. The average Bonchev–Trinajstić information content (AvgIpc) is 2.70. The number of carbonyl (C=O) groups is 1. The predicted molar refractivity (Wildman–Crippen MR) is 72.0 cm³/mol. The maximum absolute atomic E-state index is 13.1. The van der Waals surface area contributed by atoms with Crippen molar-refractivity contribution in [2.45, 2.75) is 6.61 Å². The molecule has 94 valence electrons. The van der Waals surface area contributed by atoms with Crippen LogP contribution in [0.15, 0.2) is 34.1 Å². The Hall–Kier alpha value is -1.40. The smallest absolute Gasteiger partial charge is 0.338 e. The number of benzene rings is 1. The van der Waals surface area contributed by atoms with Crippen LogP contribution < -0.4 is 5.73 Å². The molecule has 0 aliphatic heterocycles. The third-order valence-corrected chi connectivity index (χ3v) is 4.08. The molecule has 0 unspecified atom stereocenters. The molecule has 1 aromatic heterocycles. The number of nitrogens with two attached hydrogens (primary N) is 1. The molecule has 0 radical (unpaired) electrons. The minimum atomic E-state index is -0.596. The van der Waals surface area contributed by atoms with Gasteiger partial charge in [0, 0.05) is 10.2 Å². The number of thiophene rings is 1. The van der Waals surface area contributed by atoms with Gasteiger partial charge in [0.15, 0.2) is 0 Å². The Morgan fingerprint density at radius 2 is 2.22 bits per heavy atom. The fraction of sp³-hybridized carbons (Fsp3) is 0.0833. The van der Waals surface area contributed by atoms with Gasteiger partial charge in [-0.05, 0) is 45.6 Å². The second-order valence-electron chi connectivity index (χ2n) is 3.54. The standard InChI is InChI=1S/C12H9BrFNO2S/c13-10-1-2-18-11(10)6-17-12(16)7-3-8(14)5-9(15)4-7/h1-5H,6,15H2. The van der Waals surface area contributed by atoms with E-state index in [1.54, 1.807) is 0 Å². The number of ether oxygens (including phenoxy) is 1. The fourth-order valence-corrected chi connectivity index (χ4v) is 2.75. The molecule has 2 rings (SSSR count). The molecule has 0 amide bonds. The van der Waals surface area contributed by atoms with Gasteiger partial charge >= 0.3 is 5.97 Å². The van der Waals surface area contributed by atoms with Crippen LogP contribution >= 0.6 is 27.3 Å². The molecule has 0 aliphatic carbocycles. The van der Waals surface area contributed by atoms with Gasteiger partial charge in [0.2, 0.25) is 0 Å². The van der Waals surface area contributed by atoms with Crippen LogP contribution in [0.1, 0.15) is 15.2 Å². The van der Waals surface area contributed by atoms with Crippen molar-refractivity contribution >= 4 is 38.9 Å². The van der Waals surface area contributed by atoms with E-state index in [2.05, 4.69) is 15.9 Å². The Morgan fingerprint density at radius 3 is 2.83 bits per heavy atom. The second-order valence-corrected chi connectivity index (χ2v) is 5.40. The number of anilines is 1. The lowest BCUT2D eigenvalue weighted by molar-refractivity contribution is 0.0475. The first-order valence-corrected chi connectivity index (χ1v) is 6.68. The van der Waals surface area contributed by atoms with Crippen molar-refractivity contribution in [1.29, 1.82) is 0 Å². The summed E-state index contributed by atoms with van der Waals surface area (Å²) in [5.41, 5.74) is 5.76. The summed E-state index contributed by atoms with van der Waals surface area (Å²) < 4.78 is 19.0. The van der Waals surface area contributed by atoms with Crippen LogP contribution in [-0.4, -0.2) is 5.97 Å². The highest BCUT2D eigenvalue weighted by molar-refractivity contribution is 9.10. The quantitative estimate of drug-likeness (QED) is 0.691. The number of carbonyl (C=O) groups excluding carboxylic acids is 1. The predicted octanol–water partition coefficient (Wildman–Crippen LogP) is 3.59. The largest absolute Gasteiger partial charge is 0.456 e. The Morgan fingerprint density at radius 1 is 1.44 bits per heavy atom. The minimum absolute atomic E-state index is 0.111. The highest BCUT2D eigenvalue weighted by Crippen LogP contribution is 2.23. The molecular weight excluding hydrogens is 321 g/mol. The number of nitrogen functional groups attached to an aromatic ring is 1. The van der Waals surface area contributed by atoms with E-state index < -0.39 is 11.8 Å². The lowest BCUT2D eigenvalue weighted by atomic mass is 10.2. The summed E-state index contributed by atoms with van der Waals surface area (Å²) in [7, 11) is 0. The molecule has 0 aliphatic rings. The number of esters is 1. The molecule has 2 N–H and O–H groups in total. The molecule has 0 saturated heterocycles. The van der Waals surface area contributed by atoms with Crippen LogP contribution in [0, 0.1) is 5.82 Å². The summed E-state index contributed by atoms with van der Waals surface area (Å²) in [5, 5.41) is 1.88. The Labute approximate surface area is 116 Å². The first-order chi connectivity index (χ1) is 8.56. The van der Waals surface area contributed by atoms with Crippen molar-refractivity contribution in [3.8, 4) is 0 Å². The summed E-state index contributed by atoms with van der Waals surface area (Å²) in [6.45, 7) is 0.146. The van der Waals surface area contributed by atoms with Crippen molar-refractivity contribution in [2.75, 3.05) is 5.73 Å². The fourth-order valence-electron chi connectivity index (χ4n) is 1.37. The molecular formula is C12H9BrFNO2S. The Kier molecular flexibility index (Phi) is 3.98. The minimum Gasteiger partial charge on any atom is -0.456 e. The third kappa shape index (κ3) is 3.08. The molecule has 0 saturated carbocycles. The average molecular weight is 330 g/mol. The van der Waals surface area contributed by atoms with Crippen molar-refractivity contribution in [3.63, 3.8) is 0 Å². The van der Waals surface area contributed by atoms with Crippen molar-refractivity contribution in [3.05, 3.63) is 50.4 Å². The van der Waals surface area contributed by atoms with Gasteiger partial charge in [-0.2, -0.15) is 0 Å². The summed E-state index contributed by atoms with van der Waals surface area (Å²) in [6.07, 6.45) is 0. The zero-order valence-electron chi connectivity index (χ0n) is 9.15. The Bertz CT molecular complexity index is 565. The van der Waals surface area contributed by atoms with Crippen molar-refractivity contribution in [1.82, 2.24) is 0 Å². The van der Waals surface area contributed by atoms with E-state index in [-0.39, 0.29) is 17.9 Å². The molecule has 2 aromatic rings. The zero-order valence-corrected chi connectivity index (χ0v) is 11.6. The molecule has 3 nitrogen and oxygen atoms in total. The monoisotopic (exact) mass is 329 g/mol. The molecule has 1 aromatic carbocycles. The number of halogens is 2. The van der Waals surface area contributed by atoms with E-state index in [1.165, 1.54) is 17.4 Å². The summed E-state index contributed by atoms with van der Waals surface area (Å²) in [6, 6.07) is 5.50. The van der Waals surface area contributed by atoms with E-state index in [4.69, 9.17) is 10.5 Å². The van der Waals surface area contributed by atoms with Crippen LogP contribution in [0.25, 0.3) is 0 Å². The van der Waals surface area contributed by atoms with Crippen LogP contribution in [-0.2, 0) is 11.3 Å². The van der Waals surface area contributed by atoms with Crippen LogP contribution in [0.4, 0.5) is 10.1 Å². The summed E-state index contributed by atoms with van der Waals surface area (Å²) in [4.78, 5) is 12.6. The van der Waals surface area contributed by atoms with E-state index in [1.807, 2.05) is 11.4 Å². The lowest BCUT2D eigenvalue weighted by Gasteiger charge is -2.05. The van der Waals surface area contributed by atoms with Gasteiger partial charge in [0.05, 0.1) is 10.4 Å². The van der Waals surface area contributed by atoms with Gasteiger partial charge in [-0.3, -0.25) is 0 Å². The topological polar surface area (TPSA) is 52.3 Å². The van der Waals surface area contributed by atoms with Crippen molar-refractivity contribution in [2.24, 2.45) is 0 Å². The Balaban J connectivity index is 2.06. The first kappa shape index (κ1) is 13.0. The van der Waals surface area contributed by atoms with Crippen LogP contribution in [0.2, 0.25) is 0 Å². The summed E-state index contributed by atoms with van der Waals surface area (Å²) in [5.74, 6) is -1.15. The van der Waals surface area contributed by atoms with Crippen LogP contribution in [0.5, 0.6) is 0 Å². The summed E-state index contributed by atoms with van der Waals surface area (Å²) >= 11 is 4.81. The van der Waals surface area contributed by atoms with Crippen LogP contribution in [0.3, 0.4) is 0 Å². The third-order valence-electron chi connectivity index (χ3n) is 2.18. The van der Waals surface area contributed by atoms with Gasteiger partial charge < -0.3 is 10.5 Å². The zero-order chi connectivity index (χ0) is 13.1. The first-order valence-electron chi connectivity index (χ1n) is 5.01. The molecule has 6 heteroatoms. The number of rotatable bonds is 3. The van der Waals surface area contributed by atoms with E-state index in [0.29, 0.717) is 0 Å². The molecule has 0 atom stereocenters. The van der Waals surface area contributed by atoms with Gasteiger partial charge in [-0.1, -0.05) is 0 Å². The molecule has 0 spiro atoms. The van der Waals surface area contributed by atoms with Gasteiger partial charge in [-0.25, -0.2) is 9.18 Å². The number of hydrogen-bond acceptors (Lipinski definition) is 4. The molecule has 0 fully saturated rings. The maximum atomic E-state index is 13.1. The highest BCUT2D eigenvalue weighted by Gasteiger charge is 2.11. The lowest BCUT2D eigenvalue weighted by Crippen LogP contribution is -2.06. The maximum Gasteiger partial charge on any atom is 0.338 e. The molecule has 18 heavy (non-hydrogen) atoms. The van der Waals surface area contributed by atoms with Gasteiger partial charge in [0.1, 0.15) is 12.4 Å². The second kappa shape index (κ2) is 5.49. The molecule has 0 bridgehead atoms. The van der Waals surface area contributed by atoms with E-state index in [0.717, 1.165) is 21.5 Å². The van der Waals surface area contributed by atoms with E-state index >= 15 is 0 Å². The highest BCUT2D eigenvalue weighted by atomic mass is 79.9. The van der Waals surface area contributed by atoms with Crippen molar-refractivity contribution < 1.29 is 13.9 Å². The molecule has 1 heterocycles. The SMILES string of the molecule is Nc1cc(F)cc(C(=O)OCc2sccc2Br)c1. The van der Waals surface area contributed by atoms with Gasteiger partial charge in [0.25, 0.3) is 0 Å². The van der Waals surface area contributed by atoms with Gasteiger partial charge in [-0.15, -0.1) is 11.3 Å². The normalized spacial score (nSPS) is 10.3.